The number of benzene rings is 1. The highest BCUT2D eigenvalue weighted by atomic mass is 32.1. The van der Waals surface area contributed by atoms with Crippen LogP contribution in [0.4, 0.5) is 15.8 Å². The van der Waals surface area contributed by atoms with Crippen molar-refractivity contribution in [3.05, 3.63) is 23.5 Å². The fourth-order valence-electron chi connectivity index (χ4n) is 6.95. The number of piperazine rings is 1. The van der Waals surface area contributed by atoms with Gasteiger partial charge in [-0.15, -0.1) is 0 Å². The second kappa shape index (κ2) is 11.4. The monoisotopic (exact) mass is 500 g/mol. The summed E-state index contributed by atoms with van der Waals surface area (Å²) in [4.78, 5) is 7.36. The average Bonchev–Trinajstić information content (AvgIpc) is 2.89. The highest BCUT2D eigenvalue weighted by Crippen LogP contribution is 2.39. The second-order valence-corrected chi connectivity index (χ2v) is 11.4. The second-order valence-electron chi connectivity index (χ2n) is 11.0. The highest BCUT2D eigenvalue weighted by Gasteiger charge is 2.33. The summed E-state index contributed by atoms with van der Waals surface area (Å²) < 4.78 is 15.5. The molecule has 8 heteroatoms. The molecule has 4 aliphatic rings. The SMILES string of the molecule is NC(=S)NN=Cc1cc(F)c(N2CCN(C3CCCCC3)CC2)cc1N1CC[C@@H]2CCCC[C@@H]2C1. The minimum Gasteiger partial charge on any atom is -0.375 e. The first-order valence-electron chi connectivity index (χ1n) is 13.7. The van der Waals surface area contributed by atoms with Gasteiger partial charge in [-0.25, -0.2) is 4.39 Å². The topological polar surface area (TPSA) is 60.1 Å². The van der Waals surface area contributed by atoms with Crippen LogP contribution in [0.1, 0.15) is 69.8 Å². The highest BCUT2D eigenvalue weighted by molar-refractivity contribution is 7.80. The fraction of sp³-hybridized carbons (Fsp3) is 0.704. The molecule has 3 N–H and O–H groups in total. The van der Waals surface area contributed by atoms with E-state index in [0.29, 0.717) is 0 Å². The molecule has 2 heterocycles. The van der Waals surface area contributed by atoms with Crippen molar-refractivity contribution >= 4 is 34.9 Å². The van der Waals surface area contributed by atoms with Crippen molar-refractivity contribution < 1.29 is 4.39 Å². The van der Waals surface area contributed by atoms with Gasteiger partial charge in [0.15, 0.2) is 5.11 Å². The van der Waals surface area contributed by atoms with Gasteiger partial charge in [0.1, 0.15) is 5.82 Å². The molecule has 0 bridgehead atoms. The van der Waals surface area contributed by atoms with Crippen LogP contribution in [0.5, 0.6) is 0 Å². The first-order valence-corrected chi connectivity index (χ1v) is 14.2. The minimum atomic E-state index is -0.177. The van der Waals surface area contributed by atoms with Gasteiger partial charge in [-0.2, -0.15) is 5.10 Å². The van der Waals surface area contributed by atoms with E-state index in [0.717, 1.165) is 74.1 Å². The summed E-state index contributed by atoms with van der Waals surface area (Å²) in [5.74, 6) is 1.41. The zero-order valence-corrected chi connectivity index (χ0v) is 21.7. The Morgan fingerprint density at radius 1 is 0.886 bits per heavy atom. The Labute approximate surface area is 215 Å². The van der Waals surface area contributed by atoms with Gasteiger partial charge >= 0.3 is 0 Å². The number of anilines is 2. The number of fused-ring (bicyclic) bond motifs is 1. The van der Waals surface area contributed by atoms with Crippen LogP contribution in [0.25, 0.3) is 0 Å². The molecule has 1 aromatic carbocycles. The zero-order chi connectivity index (χ0) is 24.2. The third-order valence-corrected chi connectivity index (χ3v) is 8.94. The van der Waals surface area contributed by atoms with Crippen LogP contribution in [0.15, 0.2) is 17.2 Å². The maximum absolute atomic E-state index is 15.5. The standard InChI is InChI=1S/C27H41FN6S/c28-24-16-22(18-30-31-27(29)35)25(34-11-10-20-6-4-5-7-21(20)19-34)17-26(24)33-14-12-32(13-15-33)23-8-2-1-3-9-23/h16-18,20-21,23H,1-15,19H2,(H3,29,31,35)/t20-,21+/m0/s1. The van der Waals surface area contributed by atoms with E-state index in [2.05, 4.69) is 31.3 Å². The van der Waals surface area contributed by atoms with E-state index in [4.69, 9.17) is 18.0 Å². The Bertz CT molecular complexity index is 909. The molecule has 2 saturated heterocycles. The molecule has 35 heavy (non-hydrogen) atoms. The maximum Gasteiger partial charge on any atom is 0.184 e. The molecule has 192 valence electrons. The fourth-order valence-corrected chi connectivity index (χ4v) is 7.00. The van der Waals surface area contributed by atoms with Gasteiger partial charge in [0.25, 0.3) is 0 Å². The Morgan fingerprint density at radius 2 is 1.60 bits per heavy atom. The van der Waals surface area contributed by atoms with Crippen LogP contribution in [0, 0.1) is 17.7 Å². The Morgan fingerprint density at radius 3 is 2.34 bits per heavy atom. The van der Waals surface area contributed by atoms with Crippen LogP contribution >= 0.6 is 12.2 Å². The van der Waals surface area contributed by atoms with E-state index in [9.17, 15) is 0 Å². The Balaban J connectivity index is 1.35. The number of hydrogen-bond acceptors (Lipinski definition) is 5. The van der Waals surface area contributed by atoms with Crippen LogP contribution < -0.4 is 21.0 Å². The van der Waals surface area contributed by atoms with E-state index in [-0.39, 0.29) is 10.9 Å². The molecule has 0 amide bonds. The number of hydrazone groups is 1. The average molecular weight is 501 g/mol. The van der Waals surface area contributed by atoms with Crippen LogP contribution in [0.3, 0.4) is 0 Å². The molecule has 0 unspecified atom stereocenters. The van der Waals surface area contributed by atoms with Gasteiger partial charge in [-0.3, -0.25) is 10.3 Å². The lowest BCUT2D eigenvalue weighted by atomic mass is 9.75. The summed E-state index contributed by atoms with van der Waals surface area (Å²) in [6.45, 7) is 5.88. The lowest BCUT2D eigenvalue weighted by Crippen LogP contribution is -2.51. The van der Waals surface area contributed by atoms with E-state index >= 15 is 4.39 Å². The first-order chi connectivity index (χ1) is 17.1. The Hall–Kier alpha value is -1.93. The molecule has 0 radical (unpaired) electrons. The minimum absolute atomic E-state index is 0.110. The van der Waals surface area contributed by atoms with Crippen molar-refractivity contribution in [3.8, 4) is 0 Å². The number of rotatable bonds is 5. The molecule has 2 aliphatic heterocycles. The summed E-state index contributed by atoms with van der Waals surface area (Å²) in [5.41, 5.74) is 10.8. The molecular weight excluding hydrogens is 459 g/mol. The molecular formula is C27H41FN6S. The van der Waals surface area contributed by atoms with Crippen LogP contribution in [-0.4, -0.2) is 61.5 Å². The van der Waals surface area contributed by atoms with Crippen molar-refractivity contribution in [2.24, 2.45) is 22.7 Å². The van der Waals surface area contributed by atoms with Crippen molar-refractivity contribution in [1.29, 1.82) is 0 Å². The van der Waals surface area contributed by atoms with Crippen molar-refractivity contribution in [2.75, 3.05) is 49.1 Å². The van der Waals surface area contributed by atoms with Crippen molar-refractivity contribution in [1.82, 2.24) is 10.3 Å². The summed E-state index contributed by atoms with van der Waals surface area (Å²) in [6, 6.07) is 4.45. The molecule has 5 rings (SSSR count). The molecule has 4 fully saturated rings. The predicted octanol–water partition coefficient (Wildman–Crippen LogP) is 4.46. The van der Waals surface area contributed by atoms with Gasteiger partial charge in [0.05, 0.1) is 11.9 Å². The van der Waals surface area contributed by atoms with Crippen LogP contribution in [-0.2, 0) is 0 Å². The van der Waals surface area contributed by atoms with Gasteiger partial charge < -0.3 is 15.5 Å². The lowest BCUT2D eigenvalue weighted by molar-refractivity contribution is 0.147. The third kappa shape index (κ3) is 5.91. The van der Waals surface area contributed by atoms with Crippen LogP contribution in [0.2, 0.25) is 0 Å². The van der Waals surface area contributed by atoms with Gasteiger partial charge in [0.2, 0.25) is 0 Å². The lowest BCUT2D eigenvalue weighted by Gasteiger charge is -2.44. The van der Waals surface area contributed by atoms with E-state index < -0.39 is 0 Å². The summed E-state index contributed by atoms with van der Waals surface area (Å²) in [7, 11) is 0. The maximum atomic E-state index is 15.5. The van der Waals surface area contributed by atoms with Gasteiger partial charge in [0, 0.05) is 56.6 Å². The summed E-state index contributed by atoms with van der Waals surface area (Å²) in [5, 5.41) is 4.28. The van der Waals surface area contributed by atoms with Crippen molar-refractivity contribution in [2.45, 2.75) is 70.3 Å². The Kier molecular flexibility index (Phi) is 8.07. The van der Waals surface area contributed by atoms with Gasteiger partial charge in [-0.1, -0.05) is 38.5 Å². The number of halogens is 1. The predicted molar refractivity (Wildman–Crippen MR) is 147 cm³/mol. The van der Waals surface area contributed by atoms with Crippen molar-refractivity contribution in [3.63, 3.8) is 0 Å². The van der Waals surface area contributed by atoms with E-state index in [1.165, 1.54) is 64.2 Å². The first kappa shape index (κ1) is 24.8. The third-order valence-electron chi connectivity index (χ3n) is 8.85. The molecule has 2 aliphatic carbocycles. The van der Waals surface area contributed by atoms with Gasteiger partial charge in [-0.05, 0) is 61.9 Å². The largest absolute Gasteiger partial charge is 0.375 e. The number of thiocarbonyl (C=S) groups is 1. The summed E-state index contributed by atoms with van der Waals surface area (Å²) in [6.07, 6.45) is 15.0. The molecule has 6 nitrogen and oxygen atoms in total. The van der Waals surface area contributed by atoms with E-state index in [1.807, 2.05) is 0 Å². The molecule has 0 aromatic heterocycles. The molecule has 1 aromatic rings. The molecule has 0 spiro atoms. The number of nitrogens with one attached hydrogen (secondary N) is 1. The zero-order valence-electron chi connectivity index (χ0n) is 20.9. The number of nitrogens with two attached hydrogens (primary N) is 1. The number of nitrogens with zero attached hydrogens (tertiary/aromatic N) is 4. The smallest absolute Gasteiger partial charge is 0.184 e. The number of hydrogen-bond donors (Lipinski definition) is 2. The molecule has 2 atom stereocenters. The number of piperidine rings is 1. The van der Waals surface area contributed by atoms with E-state index in [1.54, 1.807) is 12.3 Å². The quantitative estimate of drug-likeness (QED) is 0.354. The summed E-state index contributed by atoms with van der Waals surface area (Å²) >= 11 is 4.88. The normalized spacial score (nSPS) is 26.7. The molecule has 2 saturated carbocycles.